The van der Waals surface area contributed by atoms with Gasteiger partial charge in [0.05, 0.1) is 17.6 Å². The van der Waals surface area contributed by atoms with Gasteiger partial charge in [0.2, 0.25) is 5.91 Å². The first-order chi connectivity index (χ1) is 16.7. The lowest BCUT2D eigenvalue weighted by atomic mass is 9.88. The van der Waals surface area contributed by atoms with Gasteiger partial charge in [0.1, 0.15) is 0 Å². The van der Waals surface area contributed by atoms with Gasteiger partial charge in [0, 0.05) is 36.2 Å². The summed E-state index contributed by atoms with van der Waals surface area (Å²) in [5.41, 5.74) is 3.59. The molecule has 2 fully saturated rings. The topological polar surface area (TPSA) is 67.2 Å². The van der Waals surface area contributed by atoms with Crippen LogP contribution in [0.15, 0.2) is 66.9 Å². The zero-order valence-electron chi connectivity index (χ0n) is 19.5. The zero-order chi connectivity index (χ0) is 23.3. The van der Waals surface area contributed by atoms with E-state index in [1.54, 1.807) is 6.20 Å². The van der Waals surface area contributed by atoms with Crippen molar-refractivity contribution in [3.05, 3.63) is 72.4 Å². The van der Waals surface area contributed by atoms with Gasteiger partial charge >= 0.3 is 0 Å². The number of aromatic nitrogens is 2. The van der Waals surface area contributed by atoms with Crippen LogP contribution in [0.3, 0.4) is 0 Å². The van der Waals surface area contributed by atoms with Crippen molar-refractivity contribution in [2.75, 3.05) is 13.1 Å². The maximum atomic E-state index is 13.3. The van der Waals surface area contributed by atoms with Crippen molar-refractivity contribution in [3.63, 3.8) is 0 Å². The van der Waals surface area contributed by atoms with Crippen LogP contribution in [-0.2, 0) is 4.79 Å². The van der Waals surface area contributed by atoms with Crippen molar-refractivity contribution in [2.45, 2.75) is 51.0 Å². The second-order valence-electron chi connectivity index (χ2n) is 9.45. The Morgan fingerprint density at radius 2 is 1.62 bits per heavy atom. The first-order valence-electron chi connectivity index (χ1n) is 12.5. The van der Waals surface area contributed by atoms with Crippen molar-refractivity contribution in [1.29, 1.82) is 0 Å². The number of benzene rings is 2. The Bertz CT molecular complexity index is 1130. The minimum absolute atomic E-state index is 0.0346. The number of carbonyl (C=O) groups is 2. The molecule has 0 radical (unpaired) electrons. The molecule has 1 aliphatic carbocycles. The number of amides is 2. The van der Waals surface area contributed by atoms with E-state index in [0.29, 0.717) is 18.7 Å². The molecule has 0 unspecified atom stereocenters. The molecule has 3 aromatic rings. The Morgan fingerprint density at radius 1 is 0.853 bits per heavy atom. The smallest absolute Gasteiger partial charge is 0.253 e. The summed E-state index contributed by atoms with van der Waals surface area (Å²) in [6.45, 7) is 1.32. The molecule has 0 atom stereocenters. The van der Waals surface area contributed by atoms with Gasteiger partial charge in [-0.15, -0.1) is 0 Å². The predicted octanol–water partition coefficient (Wildman–Crippen LogP) is 4.84. The molecule has 0 spiro atoms. The summed E-state index contributed by atoms with van der Waals surface area (Å²) in [5, 5.41) is 7.75. The molecule has 1 saturated carbocycles. The normalized spacial score (nSPS) is 17.5. The molecule has 1 aromatic heterocycles. The van der Waals surface area contributed by atoms with Gasteiger partial charge in [0.25, 0.3) is 5.91 Å². The SMILES string of the molecule is O=C(NC1CCN(C(=O)c2cccc(-n3nccc3-c3ccccc3)c2)CC1)C1CCCCC1. The summed E-state index contributed by atoms with van der Waals surface area (Å²) in [4.78, 5) is 27.8. The molecule has 2 amide bonds. The fraction of sp³-hybridized carbons (Fsp3) is 0.393. The molecule has 1 aliphatic heterocycles. The van der Waals surface area contributed by atoms with E-state index in [9.17, 15) is 9.59 Å². The van der Waals surface area contributed by atoms with E-state index in [4.69, 9.17) is 0 Å². The Labute approximate surface area is 201 Å². The predicted molar refractivity (Wildman–Crippen MR) is 133 cm³/mol. The van der Waals surface area contributed by atoms with Crippen LogP contribution in [0.4, 0.5) is 0 Å². The molecule has 0 bridgehead atoms. The van der Waals surface area contributed by atoms with E-state index in [1.807, 2.05) is 58.1 Å². The molecule has 6 heteroatoms. The Hall–Kier alpha value is -3.41. The fourth-order valence-corrected chi connectivity index (χ4v) is 5.20. The van der Waals surface area contributed by atoms with Crippen molar-refractivity contribution >= 4 is 11.8 Å². The van der Waals surface area contributed by atoms with E-state index in [1.165, 1.54) is 6.42 Å². The van der Waals surface area contributed by atoms with Crippen LogP contribution in [0.5, 0.6) is 0 Å². The number of piperidine rings is 1. The highest BCUT2D eigenvalue weighted by Crippen LogP contribution is 2.25. The highest BCUT2D eigenvalue weighted by atomic mass is 16.2. The van der Waals surface area contributed by atoms with Crippen LogP contribution in [0.2, 0.25) is 0 Å². The summed E-state index contributed by atoms with van der Waals surface area (Å²) < 4.78 is 1.87. The molecule has 1 N–H and O–H groups in total. The number of hydrogen-bond donors (Lipinski definition) is 1. The second kappa shape index (κ2) is 10.2. The summed E-state index contributed by atoms with van der Waals surface area (Å²) >= 11 is 0. The minimum atomic E-state index is 0.0346. The molecule has 2 heterocycles. The van der Waals surface area contributed by atoms with Gasteiger partial charge in [0.15, 0.2) is 0 Å². The Morgan fingerprint density at radius 3 is 2.38 bits per heavy atom. The molecule has 6 nitrogen and oxygen atoms in total. The maximum absolute atomic E-state index is 13.3. The van der Waals surface area contributed by atoms with E-state index in [-0.39, 0.29) is 23.8 Å². The zero-order valence-corrected chi connectivity index (χ0v) is 19.5. The van der Waals surface area contributed by atoms with Gasteiger partial charge in [-0.25, -0.2) is 4.68 Å². The van der Waals surface area contributed by atoms with E-state index in [2.05, 4.69) is 22.5 Å². The van der Waals surface area contributed by atoms with E-state index in [0.717, 1.165) is 55.5 Å². The quantitative estimate of drug-likeness (QED) is 0.597. The van der Waals surface area contributed by atoms with Crippen LogP contribution < -0.4 is 5.32 Å². The standard InChI is InChI=1S/C28H32N4O2/c33-27(22-10-5-2-6-11-22)30-24-15-18-31(19-16-24)28(34)23-12-7-13-25(20-23)32-26(14-17-29-32)21-8-3-1-4-9-21/h1,3-4,7-9,12-14,17,20,22,24H,2,5-6,10-11,15-16,18-19H2,(H,30,33). The highest BCUT2D eigenvalue weighted by molar-refractivity contribution is 5.95. The van der Waals surface area contributed by atoms with Crippen LogP contribution in [0, 0.1) is 5.92 Å². The third kappa shape index (κ3) is 4.91. The average molecular weight is 457 g/mol. The van der Waals surface area contributed by atoms with Crippen molar-refractivity contribution in [2.24, 2.45) is 5.92 Å². The lowest BCUT2D eigenvalue weighted by molar-refractivity contribution is -0.126. The highest BCUT2D eigenvalue weighted by Gasteiger charge is 2.28. The Balaban J connectivity index is 1.23. The molecule has 34 heavy (non-hydrogen) atoms. The van der Waals surface area contributed by atoms with Gasteiger partial charge in [-0.3, -0.25) is 9.59 Å². The number of carbonyl (C=O) groups excluding carboxylic acids is 2. The van der Waals surface area contributed by atoms with Crippen LogP contribution in [-0.4, -0.2) is 45.6 Å². The summed E-state index contributed by atoms with van der Waals surface area (Å²) in [6, 6.07) is 19.9. The van der Waals surface area contributed by atoms with E-state index >= 15 is 0 Å². The summed E-state index contributed by atoms with van der Waals surface area (Å²) in [7, 11) is 0. The van der Waals surface area contributed by atoms with Crippen molar-refractivity contribution in [1.82, 2.24) is 20.0 Å². The third-order valence-electron chi connectivity index (χ3n) is 7.15. The summed E-state index contributed by atoms with van der Waals surface area (Å²) in [6.07, 6.45) is 9.00. The first-order valence-corrected chi connectivity index (χ1v) is 12.5. The monoisotopic (exact) mass is 456 g/mol. The first kappa shape index (κ1) is 22.4. The molecule has 176 valence electrons. The van der Waals surface area contributed by atoms with Crippen molar-refractivity contribution < 1.29 is 9.59 Å². The largest absolute Gasteiger partial charge is 0.353 e. The number of nitrogens with zero attached hydrogens (tertiary/aromatic N) is 3. The lowest BCUT2D eigenvalue weighted by Gasteiger charge is -2.33. The van der Waals surface area contributed by atoms with E-state index < -0.39 is 0 Å². The van der Waals surface area contributed by atoms with Gasteiger partial charge in [-0.1, -0.05) is 55.7 Å². The van der Waals surface area contributed by atoms with Gasteiger partial charge in [-0.2, -0.15) is 5.10 Å². The Kier molecular flexibility index (Phi) is 6.74. The average Bonchev–Trinajstić information content (AvgIpc) is 3.40. The van der Waals surface area contributed by atoms with Crippen LogP contribution in [0.25, 0.3) is 16.9 Å². The minimum Gasteiger partial charge on any atom is -0.353 e. The molecule has 1 saturated heterocycles. The van der Waals surface area contributed by atoms with Crippen LogP contribution >= 0.6 is 0 Å². The third-order valence-corrected chi connectivity index (χ3v) is 7.15. The number of nitrogens with one attached hydrogen (secondary N) is 1. The fourth-order valence-electron chi connectivity index (χ4n) is 5.20. The molecule has 5 rings (SSSR count). The number of likely N-dealkylation sites (tertiary alicyclic amines) is 1. The number of hydrogen-bond acceptors (Lipinski definition) is 3. The van der Waals surface area contributed by atoms with Crippen LogP contribution in [0.1, 0.15) is 55.3 Å². The molecule has 2 aliphatic rings. The van der Waals surface area contributed by atoms with Gasteiger partial charge < -0.3 is 10.2 Å². The molecular weight excluding hydrogens is 424 g/mol. The lowest BCUT2D eigenvalue weighted by Crippen LogP contribution is -2.48. The number of rotatable bonds is 5. The molecule has 2 aromatic carbocycles. The maximum Gasteiger partial charge on any atom is 0.253 e. The second-order valence-corrected chi connectivity index (χ2v) is 9.45. The molecular formula is C28H32N4O2. The van der Waals surface area contributed by atoms with Crippen molar-refractivity contribution in [3.8, 4) is 16.9 Å². The summed E-state index contributed by atoms with van der Waals surface area (Å²) in [5.74, 6) is 0.428. The van der Waals surface area contributed by atoms with Gasteiger partial charge in [-0.05, 0) is 49.9 Å².